The van der Waals surface area contributed by atoms with Gasteiger partial charge in [-0.1, -0.05) is 26.0 Å². The summed E-state index contributed by atoms with van der Waals surface area (Å²) in [5.41, 5.74) is 2.37. The van der Waals surface area contributed by atoms with Crippen LogP contribution in [-0.4, -0.2) is 32.6 Å². The molecule has 0 radical (unpaired) electrons. The van der Waals surface area contributed by atoms with Crippen molar-refractivity contribution in [2.75, 3.05) is 27.7 Å². The van der Waals surface area contributed by atoms with Gasteiger partial charge in [0.2, 0.25) is 0 Å². The van der Waals surface area contributed by atoms with Gasteiger partial charge < -0.3 is 9.64 Å². The van der Waals surface area contributed by atoms with Gasteiger partial charge in [-0.05, 0) is 31.6 Å². The Kier molecular flexibility index (Phi) is 5.29. The third-order valence-electron chi connectivity index (χ3n) is 2.78. The summed E-state index contributed by atoms with van der Waals surface area (Å²) in [5.74, 6) is 1.37. The lowest BCUT2D eigenvalue weighted by atomic mass is 9.98. The van der Waals surface area contributed by atoms with Gasteiger partial charge in [-0.25, -0.2) is 0 Å². The first kappa shape index (κ1) is 14.3. The fourth-order valence-corrected chi connectivity index (χ4v) is 2.22. The van der Waals surface area contributed by atoms with Crippen molar-refractivity contribution in [2.45, 2.75) is 25.1 Å². The molecule has 3 heteroatoms. The predicted octanol–water partition coefficient (Wildman–Crippen LogP) is 3.66. The molecular formula is C14H22ClNO. The van der Waals surface area contributed by atoms with Crippen LogP contribution in [0.3, 0.4) is 0 Å². The molecule has 0 spiro atoms. The van der Waals surface area contributed by atoms with Crippen LogP contribution in [0, 0.1) is 0 Å². The minimum Gasteiger partial charge on any atom is -0.496 e. The maximum absolute atomic E-state index is 6.44. The van der Waals surface area contributed by atoms with E-state index in [0.717, 1.165) is 17.9 Å². The van der Waals surface area contributed by atoms with E-state index in [4.69, 9.17) is 16.3 Å². The van der Waals surface area contributed by atoms with Crippen molar-refractivity contribution in [1.82, 2.24) is 4.90 Å². The number of alkyl halides is 1. The molecule has 1 unspecified atom stereocenters. The van der Waals surface area contributed by atoms with Crippen LogP contribution < -0.4 is 4.74 Å². The first-order valence-electron chi connectivity index (χ1n) is 5.92. The Hall–Kier alpha value is -0.730. The lowest BCUT2D eigenvalue weighted by Gasteiger charge is -2.19. The average molecular weight is 256 g/mol. The number of hydrogen-bond donors (Lipinski definition) is 0. The Morgan fingerprint density at radius 3 is 2.41 bits per heavy atom. The first-order chi connectivity index (χ1) is 7.95. The monoisotopic (exact) mass is 255 g/mol. The first-order valence-corrected chi connectivity index (χ1v) is 6.36. The van der Waals surface area contributed by atoms with Gasteiger partial charge in [0.15, 0.2) is 0 Å². The molecule has 1 aromatic rings. The third-order valence-corrected chi connectivity index (χ3v) is 3.16. The third kappa shape index (κ3) is 3.90. The number of halogens is 1. The molecule has 0 fully saturated rings. The Balaban J connectivity index is 3.05. The zero-order chi connectivity index (χ0) is 13.0. The van der Waals surface area contributed by atoms with Crippen molar-refractivity contribution in [3.8, 4) is 5.75 Å². The summed E-state index contributed by atoms with van der Waals surface area (Å²) in [6, 6.07) is 6.27. The highest BCUT2D eigenvalue weighted by molar-refractivity contribution is 6.21. The second kappa shape index (κ2) is 6.27. The van der Waals surface area contributed by atoms with E-state index in [1.807, 2.05) is 20.2 Å². The van der Waals surface area contributed by atoms with Gasteiger partial charge >= 0.3 is 0 Å². The summed E-state index contributed by atoms with van der Waals surface area (Å²) < 4.78 is 5.38. The highest BCUT2D eigenvalue weighted by Crippen LogP contribution is 2.32. The van der Waals surface area contributed by atoms with E-state index >= 15 is 0 Å². The Morgan fingerprint density at radius 1 is 1.29 bits per heavy atom. The zero-order valence-electron chi connectivity index (χ0n) is 11.3. The molecule has 1 rings (SSSR count). The quantitative estimate of drug-likeness (QED) is 0.745. The molecule has 2 nitrogen and oxygen atoms in total. The van der Waals surface area contributed by atoms with Gasteiger partial charge in [0.05, 0.1) is 12.5 Å². The number of ether oxygens (including phenoxy) is 1. The molecule has 0 aliphatic carbocycles. The molecule has 96 valence electrons. The summed E-state index contributed by atoms with van der Waals surface area (Å²) in [6.07, 6.45) is 0. The fraction of sp³-hybridized carbons (Fsp3) is 0.571. The van der Waals surface area contributed by atoms with Crippen LogP contribution in [0.4, 0.5) is 0 Å². The molecule has 17 heavy (non-hydrogen) atoms. The molecule has 0 N–H and O–H groups in total. The smallest absolute Gasteiger partial charge is 0.123 e. The SMILES string of the molecule is COc1ccc(C(C)C)cc1C(Cl)CN(C)C. The number of hydrogen-bond acceptors (Lipinski definition) is 2. The van der Waals surface area contributed by atoms with Gasteiger partial charge in [-0.15, -0.1) is 11.6 Å². The van der Waals surface area contributed by atoms with Crippen molar-refractivity contribution in [3.05, 3.63) is 29.3 Å². The number of nitrogens with zero attached hydrogens (tertiary/aromatic N) is 1. The number of rotatable bonds is 5. The molecule has 0 heterocycles. The van der Waals surface area contributed by atoms with Gasteiger partial charge in [0.1, 0.15) is 5.75 Å². The van der Waals surface area contributed by atoms with Crippen molar-refractivity contribution < 1.29 is 4.74 Å². The number of methoxy groups -OCH3 is 1. The average Bonchev–Trinajstić information content (AvgIpc) is 2.27. The van der Waals surface area contributed by atoms with Gasteiger partial charge in [0.25, 0.3) is 0 Å². The van der Waals surface area contributed by atoms with E-state index < -0.39 is 0 Å². The highest BCUT2D eigenvalue weighted by atomic mass is 35.5. The summed E-state index contributed by atoms with van der Waals surface area (Å²) in [4.78, 5) is 2.08. The van der Waals surface area contributed by atoms with Crippen LogP contribution in [0.25, 0.3) is 0 Å². The second-order valence-corrected chi connectivity index (χ2v) is 5.41. The zero-order valence-corrected chi connectivity index (χ0v) is 12.1. The van der Waals surface area contributed by atoms with E-state index in [-0.39, 0.29) is 5.38 Å². The molecule has 0 bridgehead atoms. The van der Waals surface area contributed by atoms with Crippen molar-refractivity contribution in [2.24, 2.45) is 0 Å². The van der Waals surface area contributed by atoms with Crippen LogP contribution >= 0.6 is 11.6 Å². The fourth-order valence-electron chi connectivity index (χ4n) is 1.78. The molecule has 0 saturated carbocycles. The van der Waals surface area contributed by atoms with E-state index in [1.54, 1.807) is 7.11 Å². The van der Waals surface area contributed by atoms with Crippen molar-refractivity contribution in [3.63, 3.8) is 0 Å². The van der Waals surface area contributed by atoms with Gasteiger partial charge in [0, 0.05) is 12.1 Å². The molecule has 0 aliphatic heterocycles. The van der Waals surface area contributed by atoms with Crippen LogP contribution in [0.15, 0.2) is 18.2 Å². The summed E-state index contributed by atoms with van der Waals surface area (Å²) in [6.45, 7) is 5.17. The summed E-state index contributed by atoms with van der Waals surface area (Å²) in [7, 11) is 5.73. The van der Waals surface area contributed by atoms with Gasteiger partial charge in [-0.2, -0.15) is 0 Å². The number of benzene rings is 1. The Morgan fingerprint density at radius 2 is 1.94 bits per heavy atom. The normalized spacial score (nSPS) is 13.2. The molecular weight excluding hydrogens is 234 g/mol. The van der Waals surface area contributed by atoms with E-state index in [9.17, 15) is 0 Å². The van der Waals surface area contributed by atoms with Crippen molar-refractivity contribution >= 4 is 11.6 Å². The summed E-state index contributed by atoms with van der Waals surface area (Å²) in [5, 5.41) is -0.0429. The molecule has 1 atom stereocenters. The maximum Gasteiger partial charge on any atom is 0.123 e. The topological polar surface area (TPSA) is 12.5 Å². The molecule has 0 amide bonds. The van der Waals surface area contributed by atoms with E-state index in [0.29, 0.717) is 5.92 Å². The Labute approximate surface area is 110 Å². The minimum atomic E-state index is -0.0429. The number of likely N-dealkylation sites (N-methyl/N-ethyl adjacent to an activating group) is 1. The van der Waals surface area contributed by atoms with Crippen molar-refractivity contribution in [1.29, 1.82) is 0 Å². The second-order valence-electron chi connectivity index (χ2n) is 4.89. The maximum atomic E-state index is 6.44. The van der Waals surface area contributed by atoms with Crippen LogP contribution in [0.1, 0.15) is 36.3 Å². The molecule has 1 aromatic carbocycles. The lowest BCUT2D eigenvalue weighted by molar-refractivity contribution is 0.387. The van der Waals surface area contributed by atoms with Gasteiger partial charge in [-0.3, -0.25) is 0 Å². The standard InChI is InChI=1S/C14H22ClNO/c1-10(2)11-6-7-14(17-5)12(8-11)13(15)9-16(3)4/h6-8,10,13H,9H2,1-5H3. The molecule has 0 aromatic heterocycles. The Bertz CT molecular complexity index is 363. The molecule has 0 saturated heterocycles. The minimum absolute atomic E-state index is 0.0429. The predicted molar refractivity (Wildman–Crippen MR) is 74.2 cm³/mol. The van der Waals surface area contributed by atoms with Crippen LogP contribution in [0.5, 0.6) is 5.75 Å². The lowest BCUT2D eigenvalue weighted by Crippen LogP contribution is -2.17. The van der Waals surface area contributed by atoms with Crippen LogP contribution in [-0.2, 0) is 0 Å². The highest BCUT2D eigenvalue weighted by Gasteiger charge is 2.15. The van der Waals surface area contributed by atoms with Crippen LogP contribution in [0.2, 0.25) is 0 Å². The summed E-state index contributed by atoms with van der Waals surface area (Å²) >= 11 is 6.44. The largest absolute Gasteiger partial charge is 0.496 e. The van der Waals surface area contributed by atoms with E-state index in [1.165, 1.54) is 5.56 Å². The van der Waals surface area contributed by atoms with E-state index in [2.05, 4.69) is 30.9 Å². The molecule has 0 aliphatic rings.